The molecule has 2 rings (SSSR count). The van der Waals surface area contributed by atoms with Gasteiger partial charge in [-0.15, -0.1) is 0 Å². The lowest BCUT2D eigenvalue weighted by Crippen LogP contribution is -2.08. The Hall–Kier alpha value is -1.61. The molecule has 2 N–H and O–H groups in total. The van der Waals surface area contributed by atoms with E-state index in [0.717, 1.165) is 24.2 Å². The lowest BCUT2D eigenvalue weighted by Gasteiger charge is -2.01. The first kappa shape index (κ1) is 10.9. The van der Waals surface area contributed by atoms with E-state index in [-0.39, 0.29) is 0 Å². The third-order valence-electron chi connectivity index (χ3n) is 2.63. The highest BCUT2D eigenvalue weighted by molar-refractivity contribution is 5.59. The van der Waals surface area contributed by atoms with Crippen molar-refractivity contribution in [3.05, 3.63) is 42.1 Å². The molecule has 0 unspecified atom stereocenters. The van der Waals surface area contributed by atoms with Gasteiger partial charge in [-0.25, -0.2) is 0 Å². The van der Waals surface area contributed by atoms with Crippen LogP contribution in [0.4, 0.5) is 0 Å². The molecule has 0 saturated carbocycles. The lowest BCUT2D eigenvalue weighted by atomic mass is 10.1. The summed E-state index contributed by atoms with van der Waals surface area (Å²) in [6.45, 7) is 3.66. The minimum absolute atomic E-state index is 0.667. The zero-order chi connectivity index (χ0) is 11.4. The fourth-order valence-corrected chi connectivity index (χ4v) is 1.83. The van der Waals surface area contributed by atoms with Crippen LogP contribution in [0.5, 0.6) is 0 Å². The van der Waals surface area contributed by atoms with Gasteiger partial charge in [-0.05, 0) is 19.5 Å². The predicted octanol–water partition coefficient (Wildman–Crippen LogP) is 2.07. The second-order valence-corrected chi connectivity index (χ2v) is 3.74. The molecule has 3 nitrogen and oxygen atoms in total. The van der Waals surface area contributed by atoms with Crippen LogP contribution in [-0.4, -0.2) is 16.3 Å². The summed E-state index contributed by atoms with van der Waals surface area (Å²) in [4.78, 5) is 0. The van der Waals surface area contributed by atoms with E-state index in [1.165, 1.54) is 5.69 Å². The molecule has 0 spiro atoms. The summed E-state index contributed by atoms with van der Waals surface area (Å²) >= 11 is 0. The van der Waals surface area contributed by atoms with Gasteiger partial charge in [-0.2, -0.15) is 5.10 Å². The zero-order valence-corrected chi connectivity index (χ0v) is 9.56. The molecule has 1 aromatic carbocycles. The minimum atomic E-state index is 0.667. The largest absolute Gasteiger partial charge is 0.330 e. The summed E-state index contributed by atoms with van der Waals surface area (Å²) < 4.78 is 2.02. The van der Waals surface area contributed by atoms with Crippen molar-refractivity contribution in [1.29, 1.82) is 0 Å². The summed E-state index contributed by atoms with van der Waals surface area (Å²) in [6, 6.07) is 12.4. The van der Waals surface area contributed by atoms with E-state index in [1.54, 1.807) is 0 Å². The van der Waals surface area contributed by atoms with Crippen molar-refractivity contribution in [2.75, 3.05) is 6.54 Å². The van der Waals surface area contributed by atoms with E-state index in [1.807, 2.05) is 22.9 Å². The van der Waals surface area contributed by atoms with Gasteiger partial charge in [0.25, 0.3) is 0 Å². The molecule has 0 saturated heterocycles. The fourth-order valence-electron chi connectivity index (χ4n) is 1.83. The van der Waals surface area contributed by atoms with Gasteiger partial charge in [0.15, 0.2) is 0 Å². The second-order valence-electron chi connectivity index (χ2n) is 3.74. The van der Waals surface area contributed by atoms with Gasteiger partial charge in [0, 0.05) is 24.2 Å². The van der Waals surface area contributed by atoms with Crippen LogP contribution in [0.25, 0.3) is 11.3 Å². The molecular weight excluding hydrogens is 198 g/mol. The van der Waals surface area contributed by atoms with Crippen LogP contribution in [0.2, 0.25) is 0 Å². The molecule has 3 heteroatoms. The van der Waals surface area contributed by atoms with E-state index >= 15 is 0 Å². The average Bonchev–Trinajstić information content (AvgIpc) is 2.74. The number of rotatable bonds is 4. The Balaban J connectivity index is 2.36. The molecule has 0 aliphatic carbocycles. The number of nitrogens with two attached hydrogens (primary N) is 1. The molecule has 84 valence electrons. The molecule has 16 heavy (non-hydrogen) atoms. The summed E-state index contributed by atoms with van der Waals surface area (Å²) in [6.07, 6.45) is 0.883. The summed E-state index contributed by atoms with van der Waals surface area (Å²) in [5, 5.41) is 4.58. The van der Waals surface area contributed by atoms with Gasteiger partial charge >= 0.3 is 0 Å². The Labute approximate surface area is 95.9 Å². The Bertz CT molecular complexity index is 445. The third kappa shape index (κ3) is 2.14. The van der Waals surface area contributed by atoms with Crippen molar-refractivity contribution in [2.24, 2.45) is 5.73 Å². The first-order valence-corrected chi connectivity index (χ1v) is 5.67. The number of aromatic nitrogens is 2. The van der Waals surface area contributed by atoms with Gasteiger partial charge in [-0.3, -0.25) is 4.68 Å². The Morgan fingerprint density at radius 2 is 2.00 bits per heavy atom. The van der Waals surface area contributed by atoms with E-state index < -0.39 is 0 Å². The number of benzene rings is 1. The smallest absolute Gasteiger partial charge is 0.0926 e. The Morgan fingerprint density at radius 3 is 2.62 bits per heavy atom. The van der Waals surface area contributed by atoms with Gasteiger partial charge in [0.05, 0.1) is 5.69 Å². The molecule has 0 bridgehead atoms. The lowest BCUT2D eigenvalue weighted by molar-refractivity contribution is 0.622. The number of hydrogen-bond donors (Lipinski definition) is 1. The highest BCUT2D eigenvalue weighted by Crippen LogP contribution is 2.18. The molecule has 2 aromatic rings. The maximum Gasteiger partial charge on any atom is 0.0926 e. The highest BCUT2D eigenvalue weighted by atomic mass is 15.3. The zero-order valence-electron chi connectivity index (χ0n) is 9.56. The van der Waals surface area contributed by atoms with Crippen LogP contribution in [0.15, 0.2) is 36.4 Å². The SMILES string of the molecule is CCn1nc(-c2ccccc2)cc1CCN. The quantitative estimate of drug-likeness (QED) is 0.848. The van der Waals surface area contributed by atoms with Gasteiger partial charge < -0.3 is 5.73 Å². The molecule has 1 aromatic heterocycles. The Kier molecular flexibility index (Phi) is 3.37. The van der Waals surface area contributed by atoms with Crippen molar-refractivity contribution in [1.82, 2.24) is 9.78 Å². The van der Waals surface area contributed by atoms with E-state index in [2.05, 4.69) is 30.2 Å². The van der Waals surface area contributed by atoms with Crippen LogP contribution < -0.4 is 5.73 Å². The predicted molar refractivity (Wildman–Crippen MR) is 66.1 cm³/mol. The van der Waals surface area contributed by atoms with Crippen LogP contribution >= 0.6 is 0 Å². The van der Waals surface area contributed by atoms with Gasteiger partial charge in [-0.1, -0.05) is 30.3 Å². The van der Waals surface area contributed by atoms with E-state index in [0.29, 0.717) is 6.54 Å². The van der Waals surface area contributed by atoms with Crippen molar-refractivity contribution in [3.63, 3.8) is 0 Å². The van der Waals surface area contributed by atoms with Crippen LogP contribution in [0.1, 0.15) is 12.6 Å². The maximum absolute atomic E-state index is 5.59. The second kappa shape index (κ2) is 4.94. The maximum atomic E-state index is 5.59. The third-order valence-corrected chi connectivity index (χ3v) is 2.63. The van der Waals surface area contributed by atoms with Gasteiger partial charge in [0.1, 0.15) is 0 Å². The van der Waals surface area contributed by atoms with Crippen molar-refractivity contribution in [2.45, 2.75) is 19.9 Å². The molecule has 0 radical (unpaired) electrons. The minimum Gasteiger partial charge on any atom is -0.330 e. The summed E-state index contributed by atoms with van der Waals surface area (Å²) in [7, 11) is 0. The first-order chi connectivity index (χ1) is 7.85. The summed E-state index contributed by atoms with van der Waals surface area (Å²) in [5.74, 6) is 0. The fraction of sp³-hybridized carbons (Fsp3) is 0.308. The molecule has 0 aliphatic heterocycles. The molecule has 0 atom stereocenters. The van der Waals surface area contributed by atoms with Crippen LogP contribution in [0.3, 0.4) is 0 Å². The van der Waals surface area contributed by atoms with Crippen molar-refractivity contribution >= 4 is 0 Å². The molecule has 0 amide bonds. The molecular formula is C13H17N3. The normalized spacial score (nSPS) is 10.6. The van der Waals surface area contributed by atoms with Crippen molar-refractivity contribution < 1.29 is 0 Å². The highest BCUT2D eigenvalue weighted by Gasteiger charge is 2.07. The number of aryl methyl sites for hydroxylation is 1. The van der Waals surface area contributed by atoms with E-state index in [9.17, 15) is 0 Å². The van der Waals surface area contributed by atoms with Crippen LogP contribution in [0, 0.1) is 0 Å². The Morgan fingerprint density at radius 1 is 1.25 bits per heavy atom. The molecule has 1 heterocycles. The monoisotopic (exact) mass is 215 g/mol. The van der Waals surface area contributed by atoms with Gasteiger partial charge in [0.2, 0.25) is 0 Å². The topological polar surface area (TPSA) is 43.8 Å². The molecule has 0 aliphatic rings. The van der Waals surface area contributed by atoms with E-state index in [4.69, 9.17) is 5.73 Å². The first-order valence-electron chi connectivity index (χ1n) is 5.67. The molecule has 0 fully saturated rings. The number of hydrogen-bond acceptors (Lipinski definition) is 2. The number of nitrogens with zero attached hydrogens (tertiary/aromatic N) is 2. The average molecular weight is 215 g/mol. The standard InChI is InChI=1S/C13H17N3/c1-2-16-12(8-9-14)10-13(15-16)11-6-4-3-5-7-11/h3-7,10H,2,8-9,14H2,1H3. The van der Waals surface area contributed by atoms with Crippen molar-refractivity contribution in [3.8, 4) is 11.3 Å². The summed E-state index contributed by atoms with van der Waals surface area (Å²) in [5.41, 5.74) is 9.00. The van der Waals surface area contributed by atoms with Crippen LogP contribution in [-0.2, 0) is 13.0 Å².